The minimum atomic E-state index is -0.411. The fourth-order valence-corrected chi connectivity index (χ4v) is 2.92. The van der Waals surface area contributed by atoms with Gasteiger partial charge < -0.3 is 25.6 Å². The molecule has 1 aromatic carbocycles. The lowest BCUT2D eigenvalue weighted by atomic mass is 10.2. The first-order valence-electron chi connectivity index (χ1n) is 9.20. The molecule has 1 fully saturated rings. The third kappa shape index (κ3) is 4.81. The lowest BCUT2D eigenvalue weighted by Crippen LogP contribution is -2.39. The third-order valence-corrected chi connectivity index (χ3v) is 4.43. The molecule has 0 spiro atoms. The highest BCUT2D eigenvalue weighted by molar-refractivity contribution is 5.96. The van der Waals surface area contributed by atoms with Crippen LogP contribution in [0.5, 0.6) is 0 Å². The highest BCUT2D eigenvalue weighted by Crippen LogP contribution is 2.14. The van der Waals surface area contributed by atoms with Gasteiger partial charge in [-0.3, -0.25) is 4.79 Å². The van der Waals surface area contributed by atoms with Gasteiger partial charge in [0.15, 0.2) is 0 Å². The standard InChI is InChI=1S/C18H22N6O5/c1-2-28-17(26)12-4-6-13(7-5-12)20-18(27)24-9-3-8-23(10-11-24)16(25)14-15(19)22-29-21-14/h4-7H,2-3,8-11H2,1H3,(H2,19,22)(H,20,27). The van der Waals surface area contributed by atoms with E-state index >= 15 is 0 Å². The summed E-state index contributed by atoms with van der Waals surface area (Å²) in [6.07, 6.45) is 0.603. The van der Waals surface area contributed by atoms with Gasteiger partial charge >= 0.3 is 12.0 Å². The van der Waals surface area contributed by atoms with Crippen LogP contribution >= 0.6 is 0 Å². The molecule has 29 heavy (non-hydrogen) atoms. The van der Waals surface area contributed by atoms with Crippen molar-refractivity contribution in [1.82, 2.24) is 20.1 Å². The molecule has 3 amide bonds. The lowest BCUT2D eigenvalue weighted by molar-refractivity contribution is 0.0526. The average molecular weight is 402 g/mol. The van der Waals surface area contributed by atoms with Crippen LogP contribution in [0.15, 0.2) is 28.9 Å². The molecule has 1 aliphatic heterocycles. The Kier molecular flexibility index (Phi) is 6.27. The molecule has 2 heterocycles. The second kappa shape index (κ2) is 9.04. The van der Waals surface area contributed by atoms with Crippen molar-refractivity contribution in [3.05, 3.63) is 35.5 Å². The maximum atomic E-state index is 12.6. The zero-order chi connectivity index (χ0) is 20.8. The second-order valence-corrected chi connectivity index (χ2v) is 6.36. The van der Waals surface area contributed by atoms with Crippen molar-refractivity contribution >= 4 is 29.4 Å². The van der Waals surface area contributed by atoms with Gasteiger partial charge in [-0.15, -0.1) is 0 Å². The highest BCUT2D eigenvalue weighted by atomic mass is 16.6. The molecule has 1 aliphatic rings. The molecule has 3 N–H and O–H groups in total. The largest absolute Gasteiger partial charge is 0.462 e. The number of anilines is 2. The van der Waals surface area contributed by atoms with E-state index in [1.165, 1.54) is 0 Å². The number of nitrogens with zero attached hydrogens (tertiary/aromatic N) is 4. The van der Waals surface area contributed by atoms with Crippen molar-refractivity contribution in [2.24, 2.45) is 0 Å². The SMILES string of the molecule is CCOC(=O)c1ccc(NC(=O)N2CCCN(C(=O)c3nonc3N)CC2)cc1. The van der Waals surface area contributed by atoms with E-state index in [1.54, 1.807) is 41.0 Å². The Labute approximate surface area is 166 Å². The summed E-state index contributed by atoms with van der Waals surface area (Å²) in [5.41, 5.74) is 6.52. The summed E-state index contributed by atoms with van der Waals surface area (Å²) in [7, 11) is 0. The van der Waals surface area contributed by atoms with Gasteiger partial charge in [-0.2, -0.15) is 0 Å². The maximum Gasteiger partial charge on any atom is 0.338 e. The van der Waals surface area contributed by atoms with E-state index < -0.39 is 5.97 Å². The molecular weight excluding hydrogens is 380 g/mol. The number of carbonyl (C=O) groups is 3. The molecular formula is C18H22N6O5. The van der Waals surface area contributed by atoms with Crippen LogP contribution in [0.1, 0.15) is 34.2 Å². The fraction of sp³-hybridized carbons (Fsp3) is 0.389. The Hall–Kier alpha value is -3.63. The average Bonchev–Trinajstić information content (AvgIpc) is 2.99. The van der Waals surface area contributed by atoms with Crippen molar-refractivity contribution in [3.63, 3.8) is 0 Å². The van der Waals surface area contributed by atoms with E-state index in [0.29, 0.717) is 50.5 Å². The lowest BCUT2D eigenvalue weighted by Gasteiger charge is -2.22. The first-order chi connectivity index (χ1) is 14.0. The number of nitrogens with one attached hydrogen (secondary N) is 1. The Morgan fingerprint density at radius 1 is 1.10 bits per heavy atom. The summed E-state index contributed by atoms with van der Waals surface area (Å²) in [6.45, 7) is 3.67. The third-order valence-electron chi connectivity index (χ3n) is 4.43. The van der Waals surface area contributed by atoms with Crippen molar-refractivity contribution < 1.29 is 23.7 Å². The second-order valence-electron chi connectivity index (χ2n) is 6.36. The Morgan fingerprint density at radius 3 is 2.45 bits per heavy atom. The molecule has 154 valence electrons. The molecule has 11 heteroatoms. The summed E-state index contributed by atoms with van der Waals surface area (Å²) < 4.78 is 9.41. The van der Waals surface area contributed by atoms with E-state index in [0.717, 1.165) is 0 Å². The topological polar surface area (TPSA) is 144 Å². The molecule has 11 nitrogen and oxygen atoms in total. The summed E-state index contributed by atoms with van der Waals surface area (Å²) in [5, 5.41) is 9.74. The summed E-state index contributed by atoms with van der Waals surface area (Å²) >= 11 is 0. The number of hydrogen-bond donors (Lipinski definition) is 2. The number of amides is 3. The predicted molar refractivity (Wildman–Crippen MR) is 102 cm³/mol. The monoisotopic (exact) mass is 402 g/mol. The molecule has 2 aromatic rings. The van der Waals surface area contributed by atoms with Gasteiger partial charge in [-0.1, -0.05) is 0 Å². The van der Waals surface area contributed by atoms with Crippen LogP contribution in [-0.4, -0.2) is 70.8 Å². The van der Waals surface area contributed by atoms with Crippen molar-refractivity contribution in [1.29, 1.82) is 0 Å². The highest BCUT2D eigenvalue weighted by Gasteiger charge is 2.26. The van der Waals surface area contributed by atoms with Gasteiger partial charge in [0.2, 0.25) is 11.5 Å². The number of urea groups is 1. The molecule has 1 saturated heterocycles. The predicted octanol–water partition coefficient (Wildman–Crippen LogP) is 1.21. The van der Waals surface area contributed by atoms with Crippen LogP contribution < -0.4 is 11.1 Å². The number of nitrogens with two attached hydrogens (primary N) is 1. The smallest absolute Gasteiger partial charge is 0.338 e. The van der Waals surface area contributed by atoms with E-state index in [2.05, 4.69) is 20.3 Å². The molecule has 0 aliphatic carbocycles. The van der Waals surface area contributed by atoms with Crippen LogP contribution in [0, 0.1) is 0 Å². The van der Waals surface area contributed by atoms with Gasteiger partial charge in [0.25, 0.3) is 5.91 Å². The van der Waals surface area contributed by atoms with Gasteiger partial charge in [-0.25, -0.2) is 14.2 Å². The number of hydrogen-bond acceptors (Lipinski definition) is 8. The van der Waals surface area contributed by atoms with E-state index in [4.69, 9.17) is 10.5 Å². The molecule has 0 bridgehead atoms. The number of benzene rings is 1. The first kappa shape index (κ1) is 20.1. The molecule has 0 unspecified atom stereocenters. The van der Waals surface area contributed by atoms with Crippen molar-refractivity contribution in [3.8, 4) is 0 Å². The maximum absolute atomic E-state index is 12.6. The van der Waals surface area contributed by atoms with Gasteiger partial charge in [-0.05, 0) is 47.9 Å². The van der Waals surface area contributed by atoms with E-state index in [1.807, 2.05) is 0 Å². The minimum Gasteiger partial charge on any atom is -0.462 e. The first-order valence-corrected chi connectivity index (χ1v) is 9.20. The normalized spacial score (nSPS) is 14.2. The summed E-state index contributed by atoms with van der Waals surface area (Å²) in [6, 6.07) is 6.17. The zero-order valence-electron chi connectivity index (χ0n) is 16.0. The number of carbonyl (C=O) groups excluding carboxylic acids is 3. The van der Waals surface area contributed by atoms with E-state index in [9.17, 15) is 14.4 Å². The van der Waals surface area contributed by atoms with E-state index in [-0.39, 0.29) is 23.5 Å². The quantitative estimate of drug-likeness (QED) is 0.726. The van der Waals surface area contributed by atoms with Gasteiger partial charge in [0.1, 0.15) is 0 Å². The van der Waals surface area contributed by atoms with Crippen LogP contribution in [0.4, 0.5) is 16.3 Å². The fourth-order valence-electron chi connectivity index (χ4n) is 2.92. The Bertz CT molecular complexity index is 881. The summed E-state index contributed by atoms with van der Waals surface area (Å²) in [5.74, 6) is -0.841. The number of rotatable bonds is 4. The van der Waals surface area contributed by atoms with Crippen molar-refractivity contribution in [2.75, 3.05) is 43.8 Å². The van der Waals surface area contributed by atoms with Crippen LogP contribution in [-0.2, 0) is 4.74 Å². The van der Waals surface area contributed by atoms with Crippen LogP contribution in [0.25, 0.3) is 0 Å². The van der Waals surface area contributed by atoms with Gasteiger partial charge in [0, 0.05) is 31.9 Å². The molecule has 3 rings (SSSR count). The molecule has 0 atom stereocenters. The molecule has 0 radical (unpaired) electrons. The van der Waals surface area contributed by atoms with Crippen molar-refractivity contribution in [2.45, 2.75) is 13.3 Å². The zero-order valence-corrected chi connectivity index (χ0v) is 16.0. The van der Waals surface area contributed by atoms with Crippen LogP contribution in [0.2, 0.25) is 0 Å². The summed E-state index contributed by atoms with van der Waals surface area (Å²) in [4.78, 5) is 39.9. The Morgan fingerprint density at radius 2 is 1.79 bits per heavy atom. The number of nitrogen functional groups attached to an aromatic ring is 1. The number of esters is 1. The van der Waals surface area contributed by atoms with Gasteiger partial charge in [0.05, 0.1) is 12.2 Å². The molecule has 0 saturated carbocycles. The number of ether oxygens (including phenoxy) is 1. The Balaban J connectivity index is 1.56. The van der Waals surface area contributed by atoms with Crippen LogP contribution in [0.3, 0.4) is 0 Å². The molecule has 1 aromatic heterocycles. The number of aromatic nitrogens is 2. The minimum absolute atomic E-state index is 0.0235.